The monoisotopic (exact) mass is 824 g/mol. The fourth-order valence-corrected chi connectivity index (χ4v) is 9.80. The first kappa shape index (κ1) is 40.8. The Kier molecular flexibility index (Phi) is 11.0. The van der Waals surface area contributed by atoms with Gasteiger partial charge in [0.1, 0.15) is 52.0 Å². The van der Waals surface area contributed by atoms with Crippen LogP contribution in [-0.4, -0.2) is 93.4 Å². The molecule has 1 aromatic carbocycles. The topological polar surface area (TPSA) is 181 Å². The number of amides is 3. The van der Waals surface area contributed by atoms with Crippen molar-refractivity contribution in [3.63, 3.8) is 0 Å². The highest BCUT2D eigenvalue weighted by molar-refractivity contribution is 7.16. The number of hydrogen-bond acceptors (Lipinski definition) is 11. The molecular formula is C41H53ClN6O8S. The van der Waals surface area contributed by atoms with Crippen LogP contribution in [0.25, 0.3) is 22.3 Å². The molecular weight excluding hydrogens is 772 g/mol. The van der Waals surface area contributed by atoms with Gasteiger partial charge in [-0.25, -0.2) is 19.6 Å². The van der Waals surface area contributed by atoms with Crippen molar-refractivity contribution in [2.24, 2.45) is 23.2 Å². The van der Waals surface area contributed by atoms with Crippen molar-refractivity contribution in [3.8, 4) is 22.9 Å². The second-order valence-corrected chi connectivity index (χ2v) is 19.0. The first-order chi connectivity index (χ1) is 26.9. The molecule has 0 radical (unpaired) electrons. The molecule has 7 rings (SSSR count). The number of benzene rings is 1. The molecule has 3 saturated carbocycles. The maximum atomic E-state index is 14.7. The van der Waals surface area contributed by atoms with Crippen molar-refractivity contribution in [1.82, 2.24) is 25.5 Å². The molecule has 0 spiro atoms. The Balaban J connectivity index is 1.21. The van der Waals surface area contributed by atoms with Crippen molar-refractivity contribution >= 4 is 62.8 Å². The number of carboxylic acids is 1. The fourth-order valence-electron chi connectivity index (χ4n) is 8.55. The summed E-state index contributed by atoms with van der Waals surface area (Å²) in [7, 11) is 1.52. The van der Waals surface area contributed by atoms with Gasteiger partial charge in [0.05, 0.1) is 24.9 Å². The number of rotatable bonds is 13. The summed E-state index contributed by atoms with van der Waals surface area (Å²) in [5.41, 5.74) is -0.610. The number of thiazole rings is 1. The average molecular weight is 825 g/mol. The molecule has 7 unspecified atom stereocenters. The molecule has 1 aliphatic heterocycles. The molecule has 57 heavy (non-hydrogen) atoms. The van der Waals surface area contributed by atoms with Gasteiger partial charge in [-0.05, 0) is 81.8 Å². The van der Waals surface area contributed by atoms with Crippen LogP contribution in [0.5, 0.6) is 11.5 Å². The summed E-state index contributed by atoms with van der Waals surface area (Å²) >= 11 is 8.36. The van der Waals surface area contributed by atoms with E-state index in [0.29, 0.717) is 58.5 Å². The zero-order valence-corrected chi connectivity index (χ0v) is 35.3. The summed E-state index contributed by atoms with van der Waals surface area (Å²) in [5, 5.41) is 20.8. The molecule has 16 heteroatoms. The number of aryl methyl sites for hydroxylation is 1. The SMILES string of the molecule is CCC1CC1(NC(=O)C1CC(Oc2cc(-c3nc(NC(C)C)sc3C)nc3c(Cl)c(OC)ccc23)CN1C(=O)C(NC(=O)OC1CC2CC2C1)C(C)(C)C)C(=O)O. The maximum Gasteiger partial charge on any atom is 0.408 e. The van der Waals surface area contributed by atoms with Crippen molar-refractivity contribution in [2.45, 2.75) is 123 Å². The highest BCUT2D eigenvalue weighted by Crippen LogP contribution is 2.52. The van der Waals surface area contributed by atoms with Gasteiger partial charge in [0, 0.05) is 28.8 Å². The largest absolute Gasteiger partial charge is 0.495 e. The quantitative estimate of drug-likeness (QED) is 0.142. The number of likely N-dealkylation sites (tertiary alicyclic amines) is 1. The van der Waals surface area contributed by atoms with Gasteiger partial charge < -0.3 is 40.2 Å². The number of alkyl carbamates (subject to hydrolysis) is 1. The normalized spacial score (nSPS) is 26.8. The fraction of sp³-hybridized carbons (Fsp3) is 0.610. The number of nitrogens with one attached hydrogen (secondary N) is 3. The number of halogens is 1. The zero-order chi connectivity index (χ0) is 41.1. The smallest absolute Gasteiger partial charge is 0.408 e. The van der Waals surface area contributed by atoms with Gasteiger partial charge in [-0.2, -0.15) is 0 Å². The van der Waals surface area contributed by atoms with E-state index in [0.717, 1.165) is 22.9 Å². The van der Waals surface area contributed by atoms with E-state index in [9.17, 15) is 24.3 Å². The van der Waals surface area contributed by atoms with Gasteiger partial charge in [0.15, 0.2) is 5.13 Å². The van der Waals surface area contributed by atoms with Crippen LogP contribution in [0.2, 0.25) is 5.02 Å². The van der Waals surface area contributed by atoms with Crippen molar-refractivity contribution in [1.29, 1.82) is 0 Å². The lowest BCUT2D eigenvalue weighted by Crippen LogP contribution is -2.59. The second-order valence-electron chi connectivity index (χ2n) is 17.5. The Labute approximate surface area is 341 Å². The summed E-state index contributed by atoms with van der Waals surface area (Å²) in [6, 6.07) is 3.30. The lowest BCUT2D eigenvalue weighted by Gasteiger charge is -2.35. The molecule has 3 aromatic rings. The van der Waals surface area contributed by atoms with Crippen LogP contribution in [0.1, 0.15) is 84.9 Å². The van der Waals surface area contributed by atoms with Gasteiger partial charge in [-0.1, -0.05) is 45.7 Å². The van der Waals surface area contributed by atoms with E-state index in [1.165, 1.54) is 29.8 Å². The highest BCUT2D eigenvalue weighted by atomic mass is 35.5. The Bertz CT molecular complexity index is 2080. The number of methoxy groups -OCH3 is 1. The Morgan fingerprint density at radius 3 is 2.40 bits per heavy atom. The lowest BCUT2D eigenvalue weighted by atomic mass is 9.85. The number of carbonyl (C=O) groups excluding carboxylic acids is 3. The van der Waals surface area contributed by atoms with Gasteiger partial charge in [0.2, 0.25) is 11.8 Å². The van der Waals surface area contributed by atoms with Gasteiger partial charge in [0.25, 0.3) is 0 Å². The Morgan fingerprint density at radius 2 is 1.79 bits per heavy atom. The number of aliphatic carboxylic acids is 1. The standard InChI is InChI=1S/C41H53ClN6O8S/c1-9-23-17-41(23,37(51)52)47-35(49)28-15-25(18-48(28)36(50)34(40(5,6)7)46-39(53)56-24-13-21-12-22(21)14-24)55-30-16-27(32-20(4)57-38(45-32)43-19(2)3)44-33-26(30)10-11-29(54-8)31(33)42/h10-11,16,19,21-25,28,34H,9,12-15,17-18H2,1-8H3,(H,43,45)(H,46,53)(H,47,49)(H,51,52). The second kappa shape index (κ2) is 15.4. The lowest BCUT2D eigenvalue weighted by molar-refractivity contribution is -0.146. The van der Waals surface area contributed by atoms with E-state index in [4.69, 9.17) is 35.8 Å². The van der Waals surface area contributed by atoms with E-state index < -0.39 is 53.0 Å². The van der Waals surface area contributed by atoms with Crippen LogP contribution in [0.15, 0.2) is 18.2 Å². The minimum Gasteiger partial charge on any atom is -0.495 e. The summed E-state index contributed by atoms with van der Waals surface area (Å²) in [4.78, 5) is 66.8. The summed E-state index contributed by atoms with van der Waals surface area (Å²) in [6.07, 6.45) is 2.16. The van der Waals surface area contributed by atoms with Crippen LogP contribution in [0, 0.1) is 30.1 Å². The molecule has 308 valence electrons. The molecule has 3 amide bonds. The first-order valence-corrected chi connectivity index (χ1v) is 21.0. The zero-order valence-electron chi connectivity index (χ0n) is 33.7. The Hall–Kier alpha value is -4.37. The molecule has 14 nitrogen and oxygen atoms in total. The number of hydrogen-bond donors (Lipinski definition) is 4. The highest BCUT2D eigenvalue weighted by Gasteiger charge is 2.61. The number of aromatic nitrogens is 2. The Morgan fingerprint density at radius 1 is 1.07 bits per heavy atom. The summed E-state index contributed by atoms with van der Waals surface area (Å²) in [6.45, 7) is 13.4. The number of nitrogens with zero attached hydrogens (tertiary/aromatic N) is 3. The molecule has 1 saturated heterocycles. The predicted molar refractivity (Wildman–Crippen MR) is 217 cm³/mol. The van der Waals surface area contributed by atoms with E-state index in [1.807, 2.05) is 48.5 Å². The van der Waals surface area contributed by atoms with E-state index in [-0.39, 0.29) is 36.1 Å². The third-order valence-corrected chi connectivity index (χ3v) is 13.1. The molecule has 4 aliphatic rings. The molecule has 2 aromatic heterocycles. The van der Waals surface area contributed by atoms with Crippen LogP contribution in [0.4, 0.5) is 9.93 Å². The van der Waals surface area contributed by atoms with Crippen molar-refractivity contribution < 1.29 is 38.5 Å². The van der Waals surface area contributed by atoms with Crippen LogP contribution >= 0.6 is 22.9 Å². The minimum absolute atomic E-state index is 0.0231. The maximum absolute atomic E-state index is 14.7. The molecule has 7 atom stereocenters. The molecule has 3 heterocycles. The number of ether oxygens (including phenoxy) is 3. The molecule has 4 N–H and O–H groups in total. The van der Waals surface area contributed by atoms with E-state index >= 15 is 0 Å². The van der Waals surface area contributed by atoms with Gasteiger partial charge >= 0.3 is 12.1 Å². The number of carbonyl (C=O) groups is 4. The molecule has 4 fully saturated rings. The van der Waals surface area contributed by atoms with Crippen LogP contribution in [0.3, 0.4) is 0 Å². The molecule has 3 aliphatic carbocycles. The number of fused-ring (bicyclic) bond motifs is 2. The first-order valence-electron chi connectivity index (χ1n) is 19.8. The predicted octanol–water partition coefficient (Wildman–Crippen LogP) is 6.81. The number of anilines is 1. The van der Waals surface area contributed by atoms with Crippen molar-refractivity contribution in [2.75, 3.05) is 19.0 Å². The average Bonchev–Trinajstić information content (AvgIpc) is 3.86. The minimum atomic E-state index is -1.41. The number of carboxylic acid groups (broad SMARTS) is 1. The summed E-state index contributed by atoms with van der Waals surface area (Å²) < 4.78 is 18.0. The molecule has 0 bridgehead atoms. The number of pyridine rings is 1. The van der Waals surface area contributed by atoms with Crippen LogP contribution < -0.4 is 25.4 Å². The van der Waals surface area contributed by atoms with Gasteiger partial charge in [-0.15, -0.1) is 11.3 Å². The van der Waals surface area contributed by atoms with Crippen molar-refractivity contribution in [3.05, 3.63) is 28.1 Å². The third kappa shape index (κ3) is 8.19. The van der Waals surface area contributed by atoms with Crippen LogP contribution in [-0.2, 0) is 19.1 Å². The third-order valence-electron chi connectivity index (χ3n) is 11.8. The summed E-state index contributed by atoms with van der Waals surface area (Å²) in [5.74, 6) is -0.393. The van der Waals surface area contributed by atoms with E-state index in [2.05, 4.69) is 16.0 Å². The van der Waals surface area contributed by atoms with Gasteiger partial charge in [-0.3, -0.25) is 9.59 Å². The van der Waals surface area contributed by atoms with E-state index in [1.54, 1.807) is 18.2 Å².